The van der Waals surface area contributed by atoms with Crippen LogP contribution in [0.2, 0.25) is 5.15 Å². The van der Waals surface area contributed by atoms with E-state index in [1.54, 1.807) is 12.4 Å². The fourth-order valence-electron chi connectivity index (χ4n) is 1.94. The first kappa shape index (κ1) is 10.8. The number of aromatic nitrogens is 2. The van der Waals surface area contributed by atoms with Crippen LogP contribution in [0, 0.1) is 0 Å². The molecule has 1 unspecified atom stereocenters. The zero-order valence-corrected chi connectivity index (χ0v) is 9.19. The van der Waals surface area contributed by atoms with E-state index in [-0.39, 0.29) is 12.6 Å². The van der Waals surface area contributed by atoms with Gasteiger partial charge in [0.25, 0.3) is 0 Å². The maximum atomic E-state index is 9.16. The smallest absolute Gasteiger partial charge is 0.147 e. The molecule has 1 atom stereocenters. The molecular formula is C10H14ClN3O. The lowest BCUT2D eigenvalue weighted by Crippen LogP contribution is -2.31. The average molecular weight is 228 g/mol. The van der Waals surface area contributed by atoms with Gasteiger partial charge in [-0.3, -0.25) is 9.88 Å². The lowest BCUT2D eigenvalue weighted by molar-refractivity contribution is 0.152. The summed E-state index contributed by atoms with van der Waals surface area (Å²) in [6.07, 6.45) is 5.46. The van der Waals surface area contributed by atoms with E-state index in [1.807, 2.05) is 0 Å². The maximum Gasteiger partial charge on any atom is 0.147 e. The fraction of sp³-hybridized carbons (Fsp3) is 0.600. The lowest BCUT2D eigenvalue weighted by Gasteiger charge is -2.21. The third-order valence-corrected chi connectivity index (χ3v) is 2.94. The topological polar surface area (TPSA) is 49.2 Å². The van der Waals surface area contributed by atoms with Crippen LogP contribution in [0.25, 0.3) is 0 Å². The zero-order chi connectivity index (χ0) is 10.7. The molecule has 0 saturated carbocycles. The van der Waals surface area contributed by atoms with Crippen molar-refractivity contribution in [2.45, 2.75) is 25.4 Å². The second kappa shape index (κ2) is 4.88. The molecule has 0 bridgehead atoms. The van der Waals surface area contributed by atoms with E-state index in [1.165, 1.54) is 0 Å². The van der Waals surface area contributed by atoms with Crippen molar-refractivity contribution in [2.24, 2.45) is 0 Å². The van der Waals surface area contributed by atoms with Crippen LogP contribution in [0.4, 0.5) is 0 Å². The largest absolute Gasteiger partial charge is 0.395 e. The summed E-state index contributed by atoms with van der Waals surface area (Å²) in [7, 11) is 0. The lowest BCUT2D eigenvalue weighted by atomic mass is 10.2. The summed E-state index contributed by atoms with van der Waals surface area (Å²) in [5.41, 5.74) is 0.903. The van der Waals surface area contributed by atoms with E-state index < -0.39 is 0 Å². The summed E-state index contributed by atoms with van der Waals surface area (Å²) in [6, 6.07) is 0.280. The predicted molar refractivity (Wildman–Crippen MR) is 57.6 cm³/mol. The second-order valence-electron chi connectivity index (χ2n) is 3.78. The first-order chi connectivity index (χ1) is 7.29. The molecule has 1 aromatic heterocycles. The molecule has 15 heavy (non-hydrogen) atoms. The zero-order valence-electron chi connectivity index (χ0n) is 8.43. The minimum absolute atomic E-state index is 0.223. The quantitative estimate of drug-likeness (QED) is 0.840. The number of aliphatic hydroxyl groups is 1. The number of aliphatic hydroxyl groups excluding tert-OH is 1. The van der Waals surface area contributed by atoms with Crippen molar-refractivity contribution in [3.63, 3.8) is 0 Å². The number of likely N-dealkylation sites (tertiary alicyclic amines) is 1. The van der Waals surface area contributed by atoms with Crippen LogP contribution in [0.3, 0.4) is 0 Å². The Hall–Kier alpha value is -0.710. The third kappa shape index (κ3) is 2.65. The highest BCUT2D eigenvalue weighted by atomic mass is 35.5. The van der Waals surface area contributed by atoms with Crippen LogP contribution in [-0.4, -0.2) is 39.2 Å². The summed E-state index contributed by atoms with van der Waals surface area (Å²) in [5.74, 6) is 0. The van der Waals surface area contributed by atoms with Crippen LogP contribution >= 0.6 is 11.6 Å². The van der Waals surface area contributed by atoms with E-state index in [0.29, 0.717) is 5.15 Å². The predicted octanol–water partition coefficient (Wildman–Crippen LogP) is 1.09. The van der Waals surface area contributed by atoms with Crippen LogP contribution in [0.1, 0.15) is 18.5 Å². The summed E-state index contributed by atoms with van der Waals surface area (Å²) in [4.78, 5) is 10.4. The standard InChI is InChI=1S/C10H14ClN3O/c11-10-5-12-8(4-13-10)6-14-3-1-2-9(14)7-15/h4-5,9,15H,1-3,6-7H2. The van der Waals surface area contributed by atoms with E-state index in [0.717, 1.165) is 31.6 Å². The van der Waals surface area contributed by atoms with Gasteiger partial charge in [0.05, 0.1) is 24.7 Å². The Morgan fingerprint density at radius 2 is 2.33 bits per heavy atom. The average Bonchev–Trinajstić information content (AvgIpc) is 2.69. The van der Waals surface area contributed by atoms with Gasteiger partial charge >= 0.3 is 0 Å². The Bertz CT molecular complexity index is 317. The molecule has 1 fully saturated rings. The highest BCUT2D eigenvalue weighted by molar-refractivity contribution is 6.29. The van der Waals surface area contributed by atoms with Gasteiger partial charge in [0, 0.05) is 12.6 Å². The maximum absolute atomic E-state index is 9.16. The van der Waals surface area contributed by atoms with Gasteiger partial charge in [-0.2, -0.15) is 0 Å². The van der Waals surface area contributed by atoms with Gasteiger partial charge in [0.15, 0.2) is 0 Å². The van der Waals surface area contributed by atoms with Gasteiger partial charge in [-0.1, -0.05) is 11.6 Å². The van der Waals surface area contributed by atoms with Gasteiger partial charge in [-0.15, -0.1) is 0 Å². The van der Waals surface area contributed by atoms with Crippen LogP contribution < -0.4 is 0 Å². The molecule has 1 aliphatic rings. The van der Waals surface area contributed by atoms with E-state index >= 15 is 0 Å². The number of rotatable bonds is 3. The van der Waals surface area contributed by atoms with Crippen molar-refractivity contribution < 1.29 is 5.11 Å². The van der Waals surface area contributed by atoms with Crippen LogP contribution in [-0.2, 0) is 6.54 Å². The number of halogens is 1. The Balaban J connectivity index is 1.99. The molecule has 0 aromatic carbocycles. The number of hydrogen-bond donors (Lipinski definition) is 1. The molecule has 2 heterocycles. The first-order valence-electron chi connectivity index (χ1n) is 5.11. The molecule has 4 nitrogen and oxygen atoms in total. The van der Waals surface area contributed by atoms with Crippen molar-refractivity contribution in [3.8, 4) is 0 Å². The monoisotopic (exact) mass is 227 g/mol. The van der Waals surface area contributed by atoms with Gasteiger partial charge in [-0.05, 0) is 19.4 Å². The molecule has 0 aliphatic carbocycles. The minimum Gasteiger partial charge on any atom is -0.395 e. The van der Waals surface area contributed by atoms with E-state index in [4.69, 9.17) is 16.7 Å². The minimum atomic E-state index is 0.223. The molecule has 5 heteroatoms. The second-order valence-corrected chi connectivity index (χ2v) is 4.17. The van der Waals surface area contributed by atoms with Gasteiger partial charge in [0.2, 0.25) is 0 Å². The molecule has 0 radical (unpaired) electrons. The Morgan fingerprint density at radius 1 is 1.47 bits per heavy atom. The van der Waals surface area contributed by atoms with Crippen molar-refractivity contribution in [3.05, 3.63) is 23.2 Å². The molecule has 82 valence electrons. The Morgan fingerprint density at radius 3 is 3.00 bits per heavy atom. The SMILES string of the molecule is OCC1CCCN1Cc1cnc(Cl)cn1. The fourth-order valence-corrected chi connectivity index (χ4v) is 2.04. The molecule has 1 saturated heterocycles. The Labute approximate surface area is 93.9 Å². The molecule has 2 rings (SSSR count). The van der Waals surface area contributed by atoms with Crippen molar-refractivity contribution >= 4 is 11.6 Å². The van der Waals surface area contributed by atoms with Crippen molar-refractivity contribution in [1.82, 2.24) is 14.9 Å². The van der Waals surface area contributed by atoms with E-state index in [9.17, 15) is 0 Å². The first-order valence-corrected chi connectivity index (χ1v) is 5.48. The van der Waals surface area contributed by atoms with E-state index in [2.05, 4.69) is 14.9 Å². The van der Waals surface area contributed by atoms with Crippen LogP contribution in [0.15, 0.2) is 12.4 Å². The highest BCUT2D eigenvalue weighted by Gasteiger charge is 2.23. The summed E-state index contributed by atoms with van der Waals surface area (Å²) >= 11 is 5.66. The van der Waals surface area contributed by atoms with Gasteiger partial charge in [0.1, 0.15) is 5.15 Å². The highest BCUT2D eigenvalue weighted by Crippen LogP contribution is 2.18. The number of hydrogen-bond acceptors (Lipinski definition) is 4. The van der Waals surface area contributed by atoms with Crippen molar-refractivity contribution in [2.75, 3.05) is 13.2 Å². The van der Waals surface area contributed by atoms with Gasteiger partial charge in [-0.25, -0.2) is 4.98 Å². The summed E-state index contributed by atoms with van der Waals surface area (Å²) in [6.45, 7) is 1.99. The molecule has 0 spiro atoms. The third-order valence-electron chi connectivity index (χ3n) is 2.75. The molecule has 0 amide bonds. The number of nitrogens with zero attached hydrogens (tertiary/aromatic N) is 3. The summed E-state index contributed by atoms with van der Waals surface area (Å²) in [5, 5.41) is 9.58. The Kier molecular flexibility index (Phi) is 3.51. The molecule has 1 N–H and O–H groups in total. The molecule has 1 aliphatic heterocycles. The van der Waals surface area contributed by atoms with Gasteiger partial charge < -0.3 is 5.11 Å². The summed E-state index contributed by atoms with van der Waals surface area (Å²) < 4.78 is 0. The normalized spacial score (nSPS) is 22.1. The molecule has 1 aromatic rings. The van der Waals surface area contributed by atoms with Crippen molar-refractivity contribution in [1.29, 1.82) is 0 Å². The molecular weight excluding hydrogens is 214 g/mol. The van der Waals surface area contributed by atoms with Crippen LogP contribution in [0.5, 0.6) is 0 Å².